The molecule has 0 saturated carbocycles. The third-order valence-corrected chi connectivity index (χ3v) is 4.35. The third-order valence-electron chi connectivity index (χ3n) is 4.35. The number of nitrogens with zero attached hydrogens (tertiary/aromatic N) is 2. The van der Waals surface area contributed by atoms with Crippen molar-refractivity contribution in [1.29, 1.82) is 0 Å². The average molecular weight is 367 g/mol. The van der Waals surface area contributed by atoms with Gasteiger partial charge >= 0.3 is 0 Å². The summed E-state index contributed by atoms with van der Waals surface area (Å²) in [6.45, 7) is 2.17. The van der Waals surface area contributed by atoms with Crippen molar-refractivity contribution in [3.05, 3.63) is 74.8 Å². The van der Waals surface area contributed by atoms with E-state index in [9.17, 15) is 24.5 Å². The molecular formula is C19H17N3O5. The Bertz CT molecular complexity index is 937. The molecule has 1 aliphatic heterocycles. The van der Waals surface area contributed by atoms with E-state index < -0.39 is 22.4 Å². The van der Waals surface area contributed by atoms with Gasteiger partial charge in [0.25, 0.3) is 17.5 Å². The van der Waals surface area contributed by atoms with E-state index in [0.29, 0.717) is 6.54 Å². The second-order valence-corrected chi connectivity index (χ2v) is 6.23. The van der Waals surface area contributed by atoms with Gasteiger partial charge in [0, 0.05) is 25.6 Å². The predicted molar refractivity (Wildman–Crippen MR) is 96.1 cm³/mol. The number of amides is 3. The quantitative estimate of drug-likeness (QED) is 0.478. The van der Waals surface area contributed by atoms with Crippen LogP contribution in [-0.4, -0.2) is 34.1 Å². The Kier molecular flexibility index (Phi) is 4.98. The smallest absolute Gasteiger partial charge is 0.282 e. The summed E-state index contributed by atoms with van der Waals surface area (Å²) in [6.07, 6.45) is -0.0782. The van der Waals surface area contributed by atoms with Crippen LogP contribution >= 0.6 is 0 Å². The lowest BCUT2D eigenvalue weighted by molar-refractivity contribution is -0.385. The number of nitrogens with one attached hydrogen (secondary N) is 1. The molecule has 0 radical (unpaired) electrons. The molecule has 27 heavy (non-hydrogen) atoms. The number of hydrogen-bond acceptors (Lipinski definition) is 5. The molecule has 1 N–H and O–H groups in total. The number of benzene rings is 2. The SMILES string of the molecule is Cc1ccc(CNC(=O)CCN2C(=O)c3cccc([N+](=O)[O-])c3C2=O)cc1. The van der Waals surface area contributed by atoms with Crippen LogP contribution in [0.15, 0.2) is 42.5 Å². The molecule has 3 rings (SSSR count). The number of carbonyl (C=O) groups is 3. The Morgan fingerprint density at radius 3 is 2.48 bits per heavy atom. The molecule has 0 unspecified atom stereocenters. The van der Waals surface area contributed by atoms with Crippen LogP contribution in [-0.2, 0) is 11.3 Å². The lowest BCUT2D eigenvalue weighted by Crippen LogP contribution is -2.34. The number of imide groups is 1. The number of nitro groups is 1. The van der Waals surface area contributed by atoms with E-state index >= 15 is 0 Å². The van der Waals surface area contributed by atoms with Gasteiger partial charge in [0.2, 0.25) is 5.91 Å². The fourth-order valence-electron chi connectivity index (χ4n) is 2.88. The van der Waals surface area contributed by atoms with Crippen LogP contribution in [0.25, 0.3) is 0 Å². The minimum atomic E-state index is -0.742. The Balaban J connectivity index is 1.61. The summed E-state index contributed by atoms with van der Waals surface area (Å²) in [5.41, 5.74) is 1.43. The summed E-state index contributed by atoms with van der Waals surface area (Å²) in [5, 5.41) is 13.8. The first-order valence-electron chi connectivity index (χ1n) is 8.34. The van der Waals surface area contributed by atoms with E-state index in [-0.39, 0.29) is 30.0 Å². The van der Waals surface area contributed by atoms with Gasteiger partial charge < -0.3 is 5.32 Å². The minimum absolute atomic E-state index is 0.00531. The van der Waals surface area contributed by atoms with Crippen LogP contribution in [0.4, 0.5) is 5.69 Å². The number of rotatable bonds is 6. The van der Waals surface area contributed by atoms with Crippen LogP contribution in [0.5, 0.6) is 0 Å². The first kappa shape index (κ1) is 18.2. The molecule has 3 amide bonds. The van der Waals surface area contributed by atoms with Crippen molar-refractivity contribution in [1.82, 2.24) is 10.2 Å². The summed E-state index contributed by atoms with van der Waals surface area (Å²) in [5.74, 6) is -1.68. The second-order valence-electron chi connectivity index (χ2n) is 6.23. The van der Waals surface area contributed by atoms with Crippen molar-refractivity contribution in [3.8, 4) is 0 Å². The van der Waals surface area contributed by atoms with Gasteiger partial charge in [-0.1, -0.05) is 35.9 Å². The highest BCUT2D eigenvalue weighted by Gasteiger charge is 2.40. The maximum atomic E-state index is 12.4. The highest BCUT2D eigenvalue weighted by Crippen LogP contribution is 2.30. The molecule has 0 spiro atoms. The fourth-order valence-corrected chi connectivity index (χ4v) is 2.88. The number of nitro benzene ring substituents is 1. The Morgan fingerprint density at radius 1 is 1.11 bits per heavy atom. The summed E-state index contributed by atoms with van der Waals surface area (Å²) in [4.78, 5) is 48.1. The van der Waals surface area contributed by atoms with Crippen LogP contribution in [0, 0.1) is 17.0 Å². The molecule has 0 aromatic heterocycles. The molecule has 0 fully saturated rings. The van der Waals surface area contributed by atoms with Crippen molar-refractivity contribution >= 4 is 23.4 Å². The van der Waals surface area contributed by atoms with E-state index in [1.165, 1.54) is 18.2 Å². The summed E-state index contributed by atoms with van der Waals surface area (Å²) in [6, 6.07) is 11.6. The molecule has 1 aliphatic rings. The predicted octanol–water partition coefficient (Wildman–Crippen LogP) is 2.21. The molecule has 1 heterocycles. The lowest BCUT2D eigenvalue weighted by atomic mass is 10.1. The molecule has 8 heteroatoms. The normalized spacial score (nSPS) is 12.9. The number of aryl methyl sites for hydroxylation is 1. The van der Waals surface area contributed by atoms with E-state index in [4.69, 9.17) is 0 Å². The van der Waals surface area contributed by atoms with Crippen LogP contribution in [0.1, 0.15) is 38.3 Å². The van der Waals surface area contributed by atoms with Crippen molar-refractivity contribution in [3.63, 3.8) is 0 Å². The van der Waals surface area contributed by atoms with Gasteiger partial charge in [-0.3, -0.25) is 29.4 Å². The van der Waals surface area contributed by atoms with Gasteiger partial charge in [0.1, 0.15) is 5.56 Å². The Morgan fingerprint density at radius 2 is 1.81 bits per heavy atom. The monoisotopic (exact) mass is 367 g/mol. The van der Waals surface area contributed by atoms with Crippen molar-refractivity contribution in [2.75, 3.05) is 6.54 Å². The van der Waals surface area contributed by atoms with Crippen molar-refractivity contribution in [2.24, 2.45) is 0 Å². The summed E-state index contributed by atoms with van der Waals surface area (Å²) in [7, 11) is 0. The number of carbonyl (C=O) groups excluding carboxylic acids is 3. The van der Waals surface area contributed by atoms with E-state index in [0.717, 1.165) is 16.0 Å². The first-order valence-corrected chi connectivity index (χ1v) is 8.34. The van der Waals surface area contributed by atoms with Crippen LogP contribution in [0.3, 0.4) is 0 Å². The zero-order valence-electron chi connectivity index (χ0n) is 14.6. The van der Waals surface area contributed by atoms with E-state index in [2.05, 4.69) is 5.32 Å². The highest BCUT2D eigenvalue weighted by atomic mass is 16.6. The fraction of sp³-hybridized carbons (Fsp3) is 0.211. The van der Waals surface area contributed by atoms with Gasteiger partial charge in [-0.05, 0) is 18.6 Å². The number of hydrogen-bond donors (Lipinski definition) is 1. The van der Waals surface area contributed by atoms with Crippen molar-refractivity contribution < 1.29 is 19.3 Å². The topological polar surface area (TPSA) is 110 Å². The molecular weight excluding hydrogens is 350 g/mol. The van der Waals surface area contributed by atoms with Gasteiger partial charge in [-0.15, -0.1) is 0 Å². The zero-order valence-corrected chi connectivity index (χ0v) is 14.6. The standard InChI is InChI=1S/C19H17N3O5/c1-12-5-7-13(8-6-12)11-20-16(23)9-10-21-18(24)14-3-2-4-15(22(26)27)17(14)19(21)25/h2-8H,9-11H2,1H3,(H,20,23). The molecule has 138 valence electrons. The first-order chi connectivity index (χ1) is 12.9. The molecule has 0 atom stereocenters. The maximum Gasteiger partial charge on any atom is 0.282 e. The Labute approximate surface area is 154 Å². The minimum Gasteiger partial charge on any atom is -0.352 e. The molecule has 0 bridgehead atoms. The average Bonchev–Trinajstić information content (AvgIpc) is 2.90. The summed E-state index contributed by atoms with van der Waals surface area (Å²) < 4.78 is 0. The molecule has 2 aromatic rings. The molecule has 0 saturated heterocycles. The van der Waals surface area contributed by atoms with Gasteiger partial charge in [0.15, 0.2) is 0 Å². The van der Waals surface area contributed by atoms with Crippen LogP contribution in [0.2, 0.25) is 0 Å². The number of fused-ring (bicyclic) bond motifs is 1. The zero-order chi connectivity index (χ0) is 19.6. The van der Waals surface area contributed by atoms with Gasteiger partial charge in [-0.2, -0.15) is 0 Å². The highest BCUT2D eigenvalue weighted by molar-refractivity contribution is 6.23. The third kappa shape index (κ3) is 3.69. The van der Waals surface area contributed by atoms with E-state index in [1.807, 2.05) is 31.2 Å². The molecule has 2 aromatic carbocycles. The maximum absolute atomic E-state index is 12.4. The van der Waals surface area contributed by atoms with Crippen LogP contribution < -0.4 is 5.32 Å². The molecule has 0 aliphatic carbocycles. The van der Waals surface area contributed by atoms with Gasteiger partial charge in [-0.25, -0.2) is 0 Å². The van der Waals surface area contributed by atoms with Crippen molar-refractivity contribution in [2.45, 2.75) is 19.9 Å². The largest absolute Gasteiger partial charge is 0.352 e. The van der Waals surface area contributed by atoms with Gasteiger partial charge in [0.05, 0.1) is 10.5 Å². The Hall–Kier alpha value is -3.55. The lowest BCUT2D eigenvalue weighted by Gasteiger charge is -2.13. The summed E-state index contributed by atoms with van der Waals surface area (Å²) >= 11 is 0. The second kappa shape index (κ2) is 7.36. The van der Waals surface area contributed by atoms with E-state index in [1.54, 1.807) is 0 Å². The molecule has 8 nitrogen and oxygen atoms in total.